The fourth-order valence-corrected chi connectivity index (χ4v) is 3.28. The van der Waals surface area contributed by atoms with Gasteiger partial charge < -0.3 is 20.3 Å². The van der Waals surface area contributed by atoms with Crippen molar-refractivity contribution in [2.24, 2.45) is 0 Å². The fraction of sp³-hybridized carbons (Fsp3) is 0.333. The number of anilines is 2. The molecule has 30 heavy (non-hydrogen) atoms. The molecule has 0 atom stereocenters. The van der Waals surface area contributed by atoms with Gasteiger partial charge in [-0.25, -0.2) is 0 Å². The van der Waals surface area contributed by atoms with Gasteiger partial charge in [0.25, 0.3) is 0 Å². The molecule has 0 radical (unpaired) electrons. The zero-order valence-electron chi connectivity index (χ0n) is 17.9. The molecule has 6 nitrogen and oxygen atoms in total. The number of hydrogen-bond acceptors (Lipinski definition) is 6. The Hall–Kier alpha value is -3.30. The monoisotopic (exact) mass is 403 g/mol. The molecule has 0 fully saturated rings. The first kappa shape index (κ1) is 21.4. The number of hydrogen-bond donors (Lipinski definition) is 2. The van der Waals surface area contributed by atoms with Crippen molar-refractivity contribution in [3.05, 3.63) is 59.8 Å². The Kier molecular flexibility index (Phi) is 7.47. The van der Waals surface area contributed by atoms with Crippen molar-refractivity contribution in [3.63, 3.8) is 0 Å². The summed E-state index contributed by atoms with van der Waals surface area (Å²) < 4.78 is 5.86. The van der Waals surface area contributed by atoms with Gasteiger partial charge in [-0.05, 0) is 56.8 Å². The number of ether oxygens (including phenoxy) is 1. The lowest BCUT2D eigenvalue weighted by Gasteiger charge is -2.13. The van der Waals surface area contributed by atoms with Gasteiger partial charge >= 0.3 is 0 Å². The van der Waals surface area contributed by atoms with Crippen molar-refractivity contribution >= 4 is 22.3 Å². The lowest BCUT2D eigenvalue weighted by atomic mass is 10.1. The highest BCUT2D eigenvalue weighted by molar-refractivity contribution is 5.94. The van der Waals surface area contributed by atoms with Gasteiger partial charge in [-0.2, -0.15) is 5.26 Å². The molecule has 2 N–H and O–H groups in total. The first-order valence-corrected chi connectivity index (χ1v) is 10.2. The van der Waals surface area contributed by atoms with E-state index >= 15 is 0 Å². The average molecular weight is 404 g/mol. The van der Waals surface area contributed by atoms with Crippen molar-refractivity contribution in [1.82, 2.24) is 9.88 Å². The number of benzene rings is 2. The van der Waals surface area contributed by atoms with Crippen molar-refractivity contribution in [2.45, 2.75) is 12.8 Å². The van der Waals surface area contributed by atoms with Gasteiger partial charge in [0, 0.05) is 43.5 Å². The van der Waals surface area contributed by atoms with E-state index in [1.165, 1.54) is 5.56 Å². The maximum absolute atomic E-state index is 9.53. The summed E-state index contributed by atoms with van der Waals surface area (Å²) in [4.78, 5) is 6.60. The first-order chi connectivity index (χ1) is 14.6. The van der Waals surface area contributed by atoms with Crippen LogP contribution in [0.25, 0.3) is 10.9 Å². The Labute approximate surface area is 178 Å². The molecule has 3 rings (SSSR count). The van der Waals surface area contributed by atoms with Gasteiger partial charge in [0.05, 0.1) is 23.4 Å². The van der Waals surface area contributed by atoms with Crippen LogP contribution in [0.3, 0.4) is 0 Å². The highest BCUT2D eigenvalue weighted by Crippen LogP contribution is 2.28. The number of nitriles is 1. The molecule has 0 aliphatic heterocycles. The summed E-state index contributed by atoms with van der Waals surface area (Å²) in [5, 5.41) is 17.0. The van der Waals surface area contributed by atoms with E-state index in [2.05, 4.69) is 64.9 Å². The SMILES string of the molecule is CNc1ccc(CCNc2c(C#N)cnc3cc(OCCCN(C)C)ccc23)cc1. The van der Waals surface area contributed by atoms with Crippen molar-refractivity contribution in [3.8, 4) is 11.8 Å². The largest absolute Gasteiger partial charge is 0.493 e. The third kappa shape index (κ3) is 5.62. The third-order valence-electron chi connectivity index (χ3n) is 4.94. The molecular formula is C24H29N5O. The number of aromatic nitrogens is 1. The van der Waals surface area contributed by atoms with Gasteiger partial charge in [0.2, 0.25) is 0 Å². The molecule has 0 saturated heterocycles. The lowest BCUT2D eigenvalue weighted by molar-refractivity contribution is 0.282. The van der Waals surface area contributed by atoms with E-state index in [9.17, 15) is 5.26 Å². The second-order valence-electron chi connectivity index (χ2n) is 7.47. The van der Waals surface area contributed by atoms with Crippen LogP contribution >= 0.6 is 0 Å². The molecule has 1 aromatic heterocycles. The summed E-state index contributed by atoms with van der Waals surface area (Å²) >= 11 is 0. The second kappa shape index (κ2) is 10.5. The molecule has 156 valence electrons. The highest BCUT2D eigenvalue weighted by atomic mass is 16.5. The minimum absolute atomic E-state index is 0.549. The van der Waals surface area contributed by atoms with Gasteiger partial charge in [-0.15, -0.1) is 0 Å². The summed E-state index contributed by atoms with van der Waals surface area (Å²) in [7, 11) is 6.02. The molecule has 0 unspecified atom stereocenters. The number of nitrogens with one attached hydrogen (secondary N) is 2. The predicted octanol–water partition coefficient (Wildman–Crippen LogP) is 4.13. The van der Waals surface area contributed by atoms with E-state index in [-0.39, 0.29) is 0 Å². The van der Waals surface area contributed by atoms with Crippen LogP contribution in [-0.4, -0.2) is 50.7 Å². The number of nitrogens with zero attached hydrogens (tertiary/aromatic N) is 3. The zero-order valence-corrected chi connectivity index (χ0v) is 17.9. The quantitative estimate of drug-likeness (QED) is 0.496. The Balaban J connectivity index is 1.69. The van der Waals surface area contributed by atoms with Crippen LogP contribution in [0.5, 0.6) is 5.75 Å². The maximum atomic E-state index is 9.53. The maximum Gasteiger partial charge on any atom is 0.121 e. The van der Waals surface area contributed by atoms with E-state index in [0.29, 0.717) is 12.2 Å². The Morgan fingerprint density at radius 1 is 1.13 bits per heavy atom. The molecule has 0 saturated carbocycles. The van der Waals surface area contributed by atoms with Crippen LogP contribution in [-0.2, 0) is 6.42 Å². The number of pyridine rings is 1. The Morgan fingerprint density at radius 2 is 1.93 bits per heavy atom. The van der Waals surface area contributed by atoms with Crippen LogP contribution in [0.2, 0.25) is 0 Å². The lowest BCUT2D eigenvalue weighted by Crippen LogP contribution is -2.15. The summed E-state index contributed by atoms with van der Waals surface area (Å²) in [6, 6.07) is 16.5. The highest BCUT2D eigenvalue weighted by Gasteiger charge is 2.10. The fourth-order valence-electron chi connectivity index (χ4n) is 3.28. The van der Waals surface area contributed by atoms with Crippen LogP contribution in [0.15, 0.2) is 48.7 Å². The van der Waals surface area contributed by atoms with Gasteiger partial charge in [0.1, 0.15) is 11.8 Å². The van der Waals surface area contributed by atoms with E-state index in [0.717, 1.165) is 54.0 Å². The van der Waals surface area contributed by atoms with E-state index in [1.54, 1.807) is 6.20 Å². The zero-order chi connectivity index (χ0) is 21.3. The molecule has 0 aliphatic rings. The van der Waals surface area contributed by atoms with Gasteiger partial charge in [-0.3, -0.25) is 4.98 Å². The molecule has 0 spiro atoms. The normalized spacial score (nSPS) is 10.8. The van der Waals surface area contributed by atoms with Gasteiger partial charge in [-0.1, -0.05) is 12.1 Å². The van der Waals surface area contributed by atoms with Crippen molar-refractivity contribution < 1.29 is 4.74 Å². The predicted molar refractivity (Wildman–Crippen MR) is 123 cm³/mol. The summed E-state index contributed by atoms with van der Waals surface area (Å²) in [5.41, 5.74) is 4.53. The van der Waals surface area contributed by atoms with E-state index in [4.69, 9.17) is 4.74 Å². The van der Waals surface area contributed by atoms with E-state index in [1.807, 2.05) is 25.2 Å². The summed E-state index contributed by atoms with van der Waals surface area (Å²) in [6.45, 7) is 2.38. The van der Waals surface area contributed by atoms with Gasteiger partial charge in [0.15, 0.2) is 0 Å². The van der Waals surface area contributed by atoms with Crippen LogP contribution in [0.4, 0.5) is 11.4 Å². The van der Waals surface area contributed by atoms with Crippen molar-refractivity contribution in [1.29, 1.82) is 5.26 Å². The standard InChI is InChI=1S/C24H29N5O/c1-26-20-7-5-18(6-8-20)11-12-27-24-19(16-25)17-28-23-15-21(9-10-22(23)24)30-14-4-13-29(2)3/h5-10,15,17,26H,4,11-14H2,1-3H3,(H,27,28). The molecule has 2 aromatic carbocycles. The van der Waals surface area contributed by atoms with Crippen LogP contribution in [0, 0.1) is 11.3 Å². The molecule has 1 heterocycles. The Bertz CT molecular complexity index is 1010. The number of fused-ring (bicyclic) bond motifs is 1. The van der Waals surface area contributed by atoms with Crippen molar-refractivity contribution in [2.75, 3.05) is 51.5 Å². The minimum Gasteiger partial charge on any atom is -0.493 e. The molecular weight excluding hydrogens is 374 g/mol. The molecule has 0 aliphatic carbocycles. The average Bonchev–Trinajstić information content (AvgIpc) is 2.77. The first-order valence-electron chi connectivity index (χ1n) is 10.2. The topological polar surface area (TPSA) is 73.2 Å². The van der Waals surface area contributed by atoms with Crippen LogP contribution < -0.4 is 15.4 Å². The smallest absolute Gasteiger partial charge is 0.121 e. The summed E-state index contributed by atoms with van der Waals surface area (Å²) in [5.74, 6) is 0.800. The molecule has 6 heteroatoms. The van der Waals surface area contributed by atoms with Crippen LogP contribution in [0.1, 0.15) is 17.5 Å². The molecule has 0 amide bonds. The number of rotatable bonds is 10. The minimum atomic E-state index is 0.549. The van der Waals surface area contributed by atoms with E-state index < -0.39 is 0 Å². The second-order valence-corrected chi connectivity index (χ2v) is 7.47. The summed E-state index contributed by atoms with van der Waals surface area (Å²) in [6.07, 6.45) is 3.46. The Morgan fingerprint density at radius 3 is 2.63 bits per heavy atom. The molecule has 3 aromatic rings. The third-order valence-corrected chi connectivity index (χ3v) is 4.94. The molecule has 0 bridgehead atoms.